The van der Waals surface area contributed by atoms with Crippen LogP contribution in [0.15, 0.2) is 24.0 Å². The Morgan fingerprint density at radius 2 is 1.66 bits per heavy atom. The van der Waals surface area contributed by atoms with E-state index in [9.17, 15) is 14.7 Å². The van der Waals surface area contributed by atoms with Crippen LogP contribution in [-0.2, 0) is 14.3 Å². The zero-order chi connectivity index (χ0) is 25.8. The molecule has 0 aromatic heterocycles. The highest BCUT2D eigenvalue weighted by molar-refractivity contribution is 5.98. The van der Waals surface area contributed by atoms with E-state index in [0.717, 1.165) is 51.4 Å². The van der Waals surface area contributed by atoms with Crippen molar-refractivity contribution in [1.29, 1.82) is 0 Å². The van der Waals surface area contributed by atoms with Gasteiger partial charge in [0, 0.05) is 5.41 Å². The molecule has 0 heterocycles. The predicted octanol–water partition coefficient (Wildman–Crippen LogP) is 7.05. The van der Waals surface area contributed by atoms with E-state index in [1.54, 1.807) is 7.11 Å². The third-order valence-corrected chi connectivity index (χ3v) is 13.0. The van der Waals surface area contributed by atoms with E-state index in [1.165, 1.54) is 5.57 Å². The molecule has 0 amide bonds. The number of ketones is 1. The Morgan fingerprint density at radius 3 is 2.29 bits per heavy atom. The maximum Gasteiger partial charge on any atom is 0.312 e. The van der Waals surface area contributed by atoms with Crippen molar-refractivity contribution in [2.45, 2.75) is 92.9 Å². The largest absolute Gasteiger partial charge is 0.505 e. The standard InChI is InChI=1S/C31H46O4/c1-18(2)19-11-14-31(26(34)35-8)16-15-29(6)20(24(19)31)9-10-23-28(5)17-21(32)25(33)27(3,4)22(28)12-13-30(23,29)7/h17,19-20,22-24,32H,1,9-16H2,2-8H3/t19?,20?,22?,23?,24?,28-,29+,30+,31-/m0/s1. The van der Waals surface area contributed by atoms with Gasteiger partial charge in [-0.15, -0.1) is 0 Å². The van der Waals surface area contributed by atoms with E-state index in [0.29, 0.717) is 23.7 Å². The summed E-state index contributed by atoms with van der Waals surface area (Å²) in [6, 6.07) is 0. The minimum absolute atomic E-state index is 0.00311. The van der Waals surface area contributed by atoms with Gasteiger partial charge in [-0.25, -0.2) is 0 Å². The number of carbonyl (C=O) groups is 2. The zero-order valence-corrected chi connectivity index (χ0v) is 23.0. The summed E-state index contributed by atoms with van der Waals surface area (Å²) >= 11 is 0. The summed E-state index contributed by atoms with van der Waals surface area (Å²) in [5.41, 5.74) is 0.273. The van der Waals surface area contributed by atoms with Gasteiger partial charge in [0.1, 0.15) is 0 Å². The van der Waals surface area contributed by atoms with Crippen molar-refractivity contribution in [3.63, 3.8) is 0 Å². The summed E-state index contributed by atoms with van der Waals surface area (Å²) in [5, 5.41) is 10.8. The molecule has 4 nitrogen and oxygen atoms in total. The lowest BCUT2D eigenvalue weighted by atomic mass is 9.33. The number of rotatable bonds is 2. The molecule has 5 rings (SSSR count). The van der Waals surface area contributed by atoms with Gasteiger partial charge in [-0.3, -0.25) is 9.59 Å². The molecule has 0 bridgehead atoms. The van der Waals surface area contributed by atoms with E-state index in [4.69, 9.17) is 4.74 Å². The highest BCUT2D eigenvalue weighted by atomic mass is 16.5. The quantitative estimate of drug-likeness (QED) is 0.338. The lowest BCUT2D eigenvalue weighted by Gasteiger charge is -2.71. The molecule has 9 atom stereocenters. The molecule has 0 radical (unpaired) electrons. The van der Waals surface area contributed by atoms with Gasteiger partial charge in [-0.2, -0.15) is 0 Å². The first-order valence-electron chi connectivity index (χ1n) is 13.9. The fourth-order valence-corrected chi connectivity index (χ4v) is 11.2. The molecule has 194 valence electrons. The van der Waals surface area contributed by atoms with Gasteiger partial charge in [0.25, 0.3) is 0 Å². The van der Waals surface area contributed by atoms with Crippen molar-refractivity contribution in [1.82, 2.24) is 0 Å². The highest BCUT2D eigenvalue weighted by Gasteiger charge is 2.72. The number of allylic oxidation sites excluding steroid dienone is 3. The molecule has 0 aromatic carbocycles. The third kappa shape index (κ3) is 2.86. The summed E-state index contributed by atoms with van der Waals surface area (Å²) < 4.78 is 5.46. The lowest BCUT2D eigenvalue weighted by molar-refractivity contribution is -0.223. The fourth-order valence-electron chi connectivity index (χ4n) is 11.2. The Hall–Kier alpha value is -1.58. The Labute approximate surface area is 212 Å². The summed E-state index contributed by atoms with van der Waals surface area (Å²) in [4.78, 5) is 26.3. The van der Waals surface area contributed by atoms with Gasteiger partial charge in [0.2, 0.25) is 5.78 Å². The molecule has 5 unspecified atom stereocenters. The summed E-state index contributed by atoms with van der Waals surface area (Å²) in [6.45, 7) is 18.0. The number of ether oxygens (including phenoxy) is 1. The van der Waals surface area contributed by atoms with Crippen LogP contribution in [0.3, 0.4) is 0 Å². The number of Topliss-reactive ketones (excluding diaryl/α,β-unsaturated/α-hetero) is 1. The number of esters is 1. The van der Waals surface area contributed by atoms with Crippen LogP contribution in [0, 0.1) is 56.7 Å². The Bertz CT molecular complexity index is 1010. The molecule has 0 saturated heterocycles. The number of hydrogen-bond donors (Lipinski definition) is 1. The zero-order valence-electron chi connectivity index (χ0n) is 23.0. The topological polar surface area (TPSA) is 63.6 Å². The molecular formula is C31H46O4. The molecule has 4 heteroatoms. The van der Waals surface area contributed by atoms with Crippen LogP contribution in [0.2, 0.25) is 0 Å². The summed E-state index contributed by atoms with van der Waals surface area (Å²) in [5.74, 6) is 1.64. The Kier molecular flexibility index (Phi) is 5.36. The molecule has 5 aliphatic rings. The SMILES string of the molecule is C=C(C)C1CC[C@]2(C(=O)OC)CC[C@]3(C)C(CCC4[C@@]5(C)C=C(O)C(=O)C(C)(C)C5CC[C@]43C)C12. The van der Waals surface area contributed by atoms with Crippen LogP contribution in [0.5, 0.6) is 0 Å². The first kappa shape index (κ1) is 25.1. The normalized spacial score (nSPS) is 50.2. The maximum atomic E-state index is 13.3. The second kappa shape index (κ2) is 7.48. The first-order chi connectivity index (χ1) is 16.2. The van der Waals surface area contributed by atoms with E-state index in [-0.39, 0.29) is 45.1 Å². The van der Waals surface area contributed by atoms with Gasteiger partial charge in [-0.05, 0) is 110 Å². The molecule has 0 aliphatic heterocycles. The van der Waals surface area contributed by atoms with Crippen molar-refractivity contribution in [2.24, 2.45) is 56.7 Å². The average molecular weight is 483 g/mol. The average Bonchev–Trinajstić information content (AvgIpc) is 3.18. The number of fused-ring (bicyclic) bond motifs is 7. The minimum atomic E-state index is -0.546. The van der Waals surface area contributed by atoms with Gasteiger partial charge in [0.15, 0.2) is 5.76 Å². The number of aliphatic hydroxyl groups is 1. The second-order valence-electron chi connectivity index (χ2n) is 14.3. The van der Waals surface area contributed by atoms with Crippen molar-refractivity contribution in [3.05, 3.63) is 24.0 Å². The molecule has 4 saturated carbocycles. The fraction of sp³-hybridized carbons (Fsp3) is 0.806. The first-order valence-corrected chi connectivity index (χ1v) is 13.9. The lowest BCUT2D eigenvalue weighted by Crippen LogP contribution is -2.66. The van der Waals surface area contributed by atoms with Gasteiger partial charge >= 0.3 is 5.97 Å². The molecular weight excluding hydrogens is 436 g/mol. The molecule has 5 aliphatic carbocycles. The summed E-state index contributed by atoms with van der Waals surface area (Å²) in [6.07, 6.45) is 10.1. The summed E-state index contributed by atoms with van der Waals surface area (Å²) in [7, 11) is 1.56. The van der Waals surface area contributed by atoms with Crippen LogP contribution in [-0.4, -0.2) is 24.0 Å². The van der Waals surface area contributed by atoms with Crippen molar-refractivity contribution in [3.8, 4) is 0 Å². The number of aliphatic hydroxyl groups excluding tert-OH is 1. The van der Waals surface area contributed by atoms with Crippen LogP contribution in [0.25, 0.3) is 0 Å². The smallest absolute Gasteiger partial charge is 0.312 e. The molecule has 35 heavy (non-hydrogen) atoms. The van der Waals surface area contributed by atoms with E-state index >= 15 is 0 Å². The second-order valence-corrected chi connectivity index (χ2v) is 14.3. The molecule has 4 fully saturated rings. The van der Waals surface area contributed by atoms with Crippen LogP contribution >= 0.6 is 0 Å². The monoisotopic (exact) mass is 482 g/mol. The number of hydrogen-bond acceptors (Lipinski definition) is 4. The Balaban J connectivity index is 1.61. The molecule has 1 N–H and O–H groups in total. The minimum Gasteiger partial charge on any atom is -0.505 e. The van der Waals surface area contributed by atoms with Gasteiger partial charge < -0.3 is 9.84 Å². The van der Waals surface area contributed by atoms with Gasteiger partial charge in [-0.1, -0.05) is 46.8 Å². The maximum absolute atomic E-state index is 13.3. The molecule has 0 spiro atoms. The van der Waals surface area contributed by atoms with Crippen LogP contribution in [0.4, 0.5) is 0 Å². The van der Waals surface area contributed by atoms with E-state index < -0.39 is 5.41 Å². The van der Waals surface area contributed by atoms with Gasteiger partial charge in [0.05, 0.1) is 12.5 Å². The number of methoxy groups -OCH3 is 1. The Morgan fingerprint density at radius 1 is 0.971 bits per heavy atom. The predicted molar refractivity (Wildman–Crippen MR) is 137 cm³/mol. The van der Waals surface area contributed by atoms with Crippen molar-refractivity contribution >= 4 is 11.8 Å². The number of carbonyl (C=O) groups excluding carboxylic acids is 2. The van der Waals surface area contributed by atoms with E-state index in [2.05, 4.69) is 34.3 Å². The molecule has 0 aromatic rings. The van der Waals surface area contributed by atoms with E-state index in [1.807, 2.05) is 19.9 Å². The third-order valence-electron chi connectivity index (χ3n) is 13.0. The van der Waals surface area contributed by atoms with Crippen LogP contribution < -0.4 is 0 Å². The van der Waals surface area contributed by atoms with Crippen molar-refractivity contribution in [2.75, 3.05) is 7.11 Å². The van der Waals surface area contributed by atoms with Crippen LogP contribution in [0.1, 0.15) is 92.9 Å². The van der Waals surface area contributed by atoms with Crippen molar-refractivity contribution < 1.29 is 19.4 Å². The highest BCUT2D eigenvalue weighted by Crippen LogP contribution is 2.77.